The predicted molar refractivity (Wildman–Crippen MR) is 78.3 cm³/mol. The zero-order valence-corrected chi connectivity index (χ0v) is 12.4. The molecule has 0 fully saturated rings. The molecule has 1 aromatic heterocycles. The van der Waals surface area contributed by atoms with Gasteiger partial charge in [0.25, 0.3) is 0 Å². The van der Waals surface area contributed by atoms with Crippen LogP contribution in [-0.2, 0) is 29.1 Å². The van der Waals surface area contributed by atoms with Gasteiger partial charge in [-0.15, -0.1) is 5.10 Å². The molecule has 0 bridgehead atoms. The number of amides is 1. The molecule has 1 amide bonds. The van der Waals surface area contributed by atoms with Crippen LogP contribution in [0.4, 0.5) is 0 Å². The van der Waals surface area contributed by atoms with Crippen molar-refractivity contribution in [3.63, 3.8) is 0 Å². The first-order chi connectivity index (χ1) is 10.7. The molecule has 116 valence electrons. The van der Waals surface area contributed by atoms with Crippen LogP contribution >= 0.6 is 0 Å². The average Bonchev–Trinajstić information content (AvgIpc) is 3.00. The van der Waals surface area contributed by atoms with E-state index in [2.05, 4.69) is 15.6 Å². The number of carbonyl (C=O) groups excluding carboxylic acids is 1. The van der Waals surface area contributed by atoms with Crippen LogP contribution in [0.25, 0.3) is 0 Å². The van der Waals surface area contributed by atoms with E-state index in [-0.39, 0.29) is 12.0 Å². The second-order valence-corrected chi connectivity index (χ2v) is 5.17. The van der Waals surface area contributed by atoms with E-state index in [0.717, 1.165) is 17.0 Å². The lowest BCUT2D eigenvalue weighted by Crippen LogP contribution is -2.39. The minimum atomic E-state index is -0.0801. The Morgan fingerprint density at radius 1 is 1.55 bits per heavy atom. The van der Waals surface area contributed by atoms with Gasteiger partial charge in [-0.2, -0.15) is 0 Å². The monoisotopic (exact) mass is 302 g/mol. The first-order valence-corrected chi connectivity index (χ1v) is 7.13. The maximum Gasteiger partial charge on any atom is 0.224 e. The molecule has 0 saturated carbocycles. The van der Waals surface area contributed by atoms with Crippen LogP contribution < -0.4 is 10.1 Å². The summed E-state index contributed by atoms with van der Waals surface area (Å²) in [6.45, 7) is 1.54. The molecule has 1 atom stereocenters. The van der Waals surface area contributed by atoms with Gasteiger partial charge in [0.1, 0.15) is 5.75 Å². The number of hydrogen-bond acceptors (Lipinski definition) is 5. The van der Waals surface area contributed by atoms with Gasteiger partial charge in [-0.05, 0) is 17.7 Å². The van der Waals surface area contributed by atoms with Gasteiger partial charge in [0.05, 0.1) is 44.7 Å². The lowest BCUT2D eigenvalue weighted by atomic mass is 10.1. The summed E-state index contributed by atoms with van der Waals surface area (Å²) in [5.74, 6) is 0.709. The molecule has 1 aliphatic heterocycles. The number of ether oxygens (including phenoxy) is 2. The van der Waals surface area contributed by atoms with E-state index in [1.54, 1.807) is 13.3 Å². The molecule has 7 heteroatoms. The van der Waals surface area contributed by atoms with Gasteiger partial charge >= 0.3 is 0 Å². The molecule has 0 spiro atoms. The molecule has 0 aliphatic carbocycles. The molecular weight excluding hydrogens is 284 g/mol. The smallest absolute Gasteiger partial charge is 0.224 e. The molecule has 1 aliphatic rings. The molecular formula is C15H18N4O3. The third-order valence-corrected chi connectivity index (χ3v) is 3.57. The van der Waals surface area contributed by atoms with Gasteiger partial charge < -0.3 is 14.8 Å². The van der Waals surface area contributed by atoms with Gasteiger partial charge in [-0.3, -0.25) is 4.79 Å². The summed E-state index contributed by atoms with van der Waals surface area (Å²) in [5.41, 5.74) is 1.87. The van der Waals surface area contributed by atoms with Gasteiger partial charge in [-0.1, -0.05) is 17.3 Å². The van der Waals surface area contributed by atoms with Crippen LogP contribution in [0.3, 0.4) is 0 Å². The lowest BCUT2D eigenvalue weighted by molar-refractivity contribution is -0.121. The van der Waals surface area contributed by atoms with Crippen molar-refractivity contribution in [2.24, 2.45) is 0 Å². The topological polar surface area (TPSA) is 78.3 Å². The van der Waals surface area contributed by atoms with Gasteiger partial charge in [0, 0.05) is 6.54 Å². The van der Waals surface area contributed by atoms with Crippen molar-refractivity contribution in [3.8, 4) is 5.75 Å². The summed E-state index contributed by atoms with van der Waals surface area (Å²) < 4.78 is 12.6. The minimum absolute atomic E-state index is 0.0405. The minimum Gasteiger partial charge on any atom is -0.497 e. The lowest BCUT2D eigenvalue weighted by Gasteiger charge is -2.23. The number of nitrogens with one attached hydrogen (secondary N) is 1. The number of hydrogen-bond donors (Lipinski definition) is 1. The van der Waals surface area contributed by atoms with Crippen LogP contribution in [0.1, 0.15) is 11.3 Å². The van der Waals surface area contributed by atoms with Crippen LogP contribution in [0, 0.1) is 0 Å². The van der Waals surface area contributed by atoms with Crippen LogP contribution in [0.5, 0.6) is 5.75 Å². The van der Waals surface area contributed by atoms with Crippen molar-refractivity contribution in [1.29, 1.82) is 0 Å². The van der Waals surface area contributed by atoms with Crippen LogP contribution in [0.15, 0.2) is 30.5 Å². The van der Waals surface area contributed by atoms with E-state index in [1.807, 2.05) is 28.9 Å². The fourth-order valence-corrected chi connectivity index (χ4v) is 2.37. The Balaban J connectivity index is 1.48. The van der Waals surface area contributed by atoms with Crippen molar-refractivity contribution in [1.82, 2.24) is 20.3 Å². The third-order valence-electron chi connectivity index (χ3n) is 3.57. The van der Waals surface area contributed by atoms with Gasteiger partial charge in [0.2, 0.25) is 5.91 Å². The summed E-state index contributed by atoms with van der Waals surface area (Å²) in [7, 11) is 1.61. The molecule has 1 N–H and O–H groups in total. The predicted octanol–water partition coefficient (Wildman–Crippen LogP) is 0.544. The summed E-state index contributed by atoms with van der Waals surface area (Å²) in [6, 6.07) is 7.49. The number of carbonyl (C=O) groups is 1. The Hall–Kier alpha value is -2.41. The van der Waals surface area contributed by atoms with Crippen molar-refractivity contribution < 1.29 is 14.3 Å². The quantitative estimate of drug-likeness (QED) is 0.872. The Kier molecular flexibility index (Phi) is 4.34. The Morgan fingerprint density at radius 2 is 2.45 bits per heavy atom. The van der Waals surface area contributed by atoms with E-state index < -0.39 is 0 Å². The summed E-state index contributed by atoms with van der Waals surface area (Å²) in [6.07, 6.45) is 1.93. The summed E-state index contributed by atoms with van der Waals surface area (Å²) in [5, 5.41) is 10.7. The molecule has 0 radical (unpaired) electrons. The highest BCUT2D eigenvalue weighted by Gasteiger charge is 2.20. The largest absolute Gasteiger partial charge is 0.497 e. The number of fused-ring (bicyclic) bond motifs is 1. The Morgan fingerprint density at radius 3 is 3.32 bits per heavy atom. The number of aromatic nitrogens is 3. The first-order valence-electron chi connectivity index (χ1n) is 7.13. The number of rotatable bonds is 5. The second kappa shape index (κ2) is 6.57. The highest BCUT2D eigenvalue weighted by Crippen LogP contribution is 2.13. The van der Waals surface area contributed by atoms with Crippen molar-refractivity contribution >= 4 is 5.91 Å². The molecule has 2 aromatic rings. The second-order valence-electron chi connectivity index (χ2n) is 5.17. The molecule has 22 heavy (non-hydrogen) atoms. The van der Waals surface area contributed by atoms with E-state index in [4.69, 9.17) is 9.47 Å². The zero-order chi connectivity index (χ0) is 15.4. The van der Waals surface area contributed by atoms with E-state index in [9.17, 15) is 4.79 Å². The third kappa shape index (κ3) is 3.43. The van der Waals surface area contributed by atoms with Crippen molar-refractivity contribution in [2.75, 3.05) is 13.7 Å². The van der Waals surface area contributed by atoms with E-state index in [1.165, 1.54) is 0 Å². The number of methoxy groups -OCH3 is 1. The maximum absolute atomic E-state index is 12.0. The summed E-state index contributed by atoms with van der Waals surface area (Å²) in [4.78, 5) is 12.0. The Labute approximate surface area is 128 Å². The number of nitrogens with zero attached hydrogens (tertiary/aromatic N) is 3. The average molecular weight is 302 g/mol. The van der Waals surface area contributed by atoms with Gasteiger partial charge in [-0.25, -0.2) is 4.68 Å². The van der Waals surface area contributed by atoms with Crippen molar-refractivity contribution in [3.05, 3.63) is 41.7 Å². The molecule has 2 heterocycles. The van der Waals surface area contributed by atoms with Crippen LogP contribution in [-0.4, -0.2) is 40.7 Å². The molecule has 3 rings (SSSR count). The molecule has 1 unspecified atom stereocenters. The highest BCUT2D eigenvalue weighted by atomic mass is 16.5. The van der Waals surface area contributed by atoms with Gasteiger partial charge in [0.15, 0.2) is 0 Å². The van der Waals surface area contributed by atoms with Crippen LogP contribution in [0.2, 0.25) is 0 Å². The number of benzene rings is 1. The van der Waals surface area contributed by atoms with E-state index >= 15 is 0 Å². The van der Waals surface area contributed by atoms with Crippen molar-refractivity contribution in [2.45, 2.75) is 25.7 Å². The standard InChI is InChI=1S/C15H18N4O3/c1-21-13-4-2-3-11(5-13)6-15(20)16-8-14-9-19-12(10-22-14)7-17-18-19/h2-5,7,14H,6,8-10H2,1H3,(H,16,20). The normalized spacial score (nSPS) is 16.9. The van der Waals surface area contributed by atoms with E-state index in [0.29, 0.717) is 26.1 Å². The molecule has 7 nitrogen and oxygen atoms in total. The highest BCUT2D eigenvalue weighted by molar-refractivity contribution is 5.78. The fourth-order valence-electron chi connectivity index (χ4n) is 2.37. The SMILES string of the molecule is COc1cccc(CC(=O)NCC2Cn3nncc3CO2)c1. The molecule has 0 saturated heterocycles. The summed E-state index contributed by atoms with van der Waals surface area (Å²) >= 11 is 0. The zero-order valence-electron chi connectivity index (χ0n) is 12.4. The molecule has 1 aromatic carbocycles. The maximum atomic E-state index is 12.0. The first kappa shape index (κ1) is 14.5. The fraction of sp³-hybridized carbons (Fsp3) is 0.400. The Bertz CT molecular complexity index is 656.